The lowest BCUT2D eigenvalue weighted by Crippen LogP contribution is -2.19. The molecule has 64 valence electrons. The summed E-state index contributed by atoms with van der Waals surface area (Å²) in [6.45, 7) is 1.17. The molecule has 1 fully saturated rings. The SMILES string of the molecule is NCC1CC(CC(N)=O)CO1. The molecule has 0 aromatic rings. The Bertz CT molecular complexity index is 149. The molecule has 1 amide bonds. The Morgan fingerprint density at radius 2 is 2.36 bits per heavy atom. The first kappa shape index (κ1) is 8.49. The summed E-state index contributed by atoms with van der Waals surface area (Å²) in [6, 6.07) is 0. The van der Waals surface area contributed by atoms with Gasteiger partial charge in [-0.25, -0.2) is 0 Å². The standard InChI is InChI=1S/C7H14N2O2/c8-3-6-1-5(4-11-6)2-7(9)10/h5-6H,1-4,8H2,(H2,9,10). The van der Waals surface area contributed by atoms with Crippen molar-refractivity contribution in [2.24, 2.45) is 17.4 Å². The van der Waals surface area contributed by atoms with Gasteiger partial charge in [0, 0.05) is 13.0 Å². The van der Waals surface area contributed by atoms with Gasteiger partial charge in [-0.05, 0) is 12.3 Å². The number of hydrogen-bond donors (Lipinski definition) is 2. The fourth-order valence-electron chi connectivity index (χ4n) is 1.37. The van der Waals surface area contributed by atoms with Crippen LogP contribution in [0.3, 0.4) is 0 Å². The van der Waals surface area contributed by atoms with Crippen LogP contribution in [0.25, 0.3) is 0 Å². The fourth-order valence-corrected chi connectivity index (χ4v) is 1.37. The molecule has 1 rings (SSSR count). The molecule has 0 aliphatic carbocycles. The predicted molar refractivity (Wildman–Crippen MR) is 40.7 cm³/mol. The molecular weight excluding hydrogens is 144 g/mol. The molecule has 2 unspecified atom stereocenters. The van der Waals surface area contributed by atoms with Crippen LogP contribution in [0.1, 0.15) is 12.8 Å². The van der Waals surface area contributed by atoms with Crippen LogP contribution in [0.15, 0.2) is 0 Å². The Morgan fingerprint density at radius 1 is 1.64 bits per heavy atom. The molecule has 0 spiro atoms. The minimum atomic E-state index is -0.253. The van der Waals surface area contributed by atoms with E-state index in [1.54, 1.807) is 0 Å². The number of primary amides is 1. The van der Waals surface area contributed by atoms with Gasteiger partial charge in [-0.3, -0.25) is 4.79 Å². The van der Waals surface area contributed by atoms with E-state index >= 15 is 0 Å². The molecular formula is C7H14N2O2. The molecule has 0 aromatic carbocycles. The van der Waals surface area contributed by atoms with Crippen molar-refractivity contribution in [1.82, 2.24) is 0 Å². The lowest BCUT2D eigenvalue weighted by molar-refractivity contribution is -0.118. The average molecular weight is 158 g/mol. The molecule has 2 atom stereocenters. The summed E-state index contributed by atoms with van der Waals surface area (Å²) in [6.07, 6.45) is 1.44. The van der Waals surface area contributed by atoms with Gasteiger partial charge in [0.05, 0.1) is 12.7 Å². The van der Waals surface area contributed by atoms with E-state index in [2.05, 4.69) is 0 Å². The minimum absolute atomic E-state index is 0.138. The zero-order valence-corrected chi connectivity index (χ0v) is 6.45. The molecule has 4 heteroatoms. The molecule has 1 saturated heterocycles. The van der Waals surface area contributed by atoms with Crippen LogP contribution in [0, 0.1) is 5.92 Å². The quantitative estimate of drug-likeness (QED) is 0.566. The maximum atomic E-state index is 10.5. The first-order valence-corrected chi connectivity index (χ1v) is 3.82. The van der Waals surface area contributed by atoms with E-state index in [9.17, 15) is 4.79 Å². The van der Waals surface area contributed by atoms with Gasteiger partial charge < -0.3 is 16.2 Å². The van der Waals surface area contributed by atoms with Crippen molar-refractivity contribution in [1.29, 1.82) is 0 Å². The predicted octanol–water partition coefficient (Wildman–Crippen LogP) is -0.774. The van der Waals surface area contributed by atoms with Crippen LogP contribution in [0.5, 0.6) is 0 Å². The lowest BCUT2D eigenvalue weighted by atomic mass is 10.0. The average Bonchev–Trinajstić information content (AvgIpc) is 2.34. The van der Waals surface area contributed by atoms with Crippen molar-refractivity contribution < 1.29 is 9.53 Å². The third-order valence-corrected chi connectivity index (χ3v) is 1.92. The zero-order valence-electron chi connectivity index (χ0n) is 6.45. The van der Waals surface area contributed by atoms with E-state index in [0.717, 1.165) is 6.42 Å². The third-order valence-electron chi connectivity index (χ3n) is 1.92. The Balaban J connectivity index is 2.24. The highest BCUT2D eigenvalue weighted by Crippen LogP contribution is 2.21. The molecule has 1 heterocycles. The van der Waals surface area contributed by atoms with Crippen molar-refractivity contribution in [3.8, 4) is 0 Å². The highest BCUT2D eigenvalue weighted by atomic mass is 16.5. The number of carbonyl (C=O) groups excluding carboxylic acids is 1. The summed E-state index contributed by atoms with van der Waals surface area (Å²) in [5.41, 5.74) is 10.4. The van der Waals surface area contributed by atoms with Gasteiger partial charge in [-0.2, -0.15) is 0 Å². The summed E-state index contributed by atoms with van der Waals surface area (Å²) < 4.78 is 5.28. The van der Waals surface area contributed by atoms with Crippen LogP contribution in [0.2, 0.25) is 0 Å². The first-order valence-electron chi connectivity index (χ1n) is 3.82. The van der Waals surface area contributed by atoms with Gasteiger partial charge in [-0.1, -0.05) is 0 Å². The van der Waals surface area contributed by atoms with Gasteiger partial charge in [0.2, 0.25) is 5.91 Å². The topological polar surface area (TPSA) is 78.3 Å². The number of nitrogens with two attached hydrogens (primary N) is 2. The Morgan fingerprint density at radius 3 is 2.82 bits per heavy atom. The monoisotopic (exact) mass is 158 g/mol. The van der Waals surface area contributed by atoms with E-state index in [1.165, 1.54) is 0 Å². The van der Waals surface area contributed by atoms with Gasteiger partial charge >= 0.3 is 0 Å². The summed E-state index contributed by atoms with van der Waals surface area (Å²) in [5, 5.41) is 0. The van der Waals surface area contributed by atoms with Crippen molar-refractivity contribution in [3.05, 3.63) is 0 Å². The van der Waals surface area contributed by atoms with E-state index in [-0.39, 0.29) is 12.0 Å². The van der Waals surface area contributed by atoms with Crippen molar-refractivity contribution in [3.63, 3.8) is 0 Å². The lowest BCUT2D eigenvalue weighted by Gasteiger charge is -2.03. The van der Waals surface area contributed by atoms with Gasteiger partial charge in [0.1, 0.15) is 0 Å². The zero-order chi connectivity index (χ0) is 8.27. The second-order valence-electron chi connectivity index (χ2n) is 2.96. The number of amides is 1. The minimum Gasteiger partial charge on any atom is -0.377 e. The number of rotatable bonds is 3. The molecule has 0 aromatic heterocycles. The van der Waals surface area contributed by atoms with Gasteiger partial charge in [0.15, 0.2) is 0 Å². The van der Waals surface area contributed by atoms with Crippen LogP contribution in [-0.4, -0.2) is 25.2 Å². The summed E-state index contributed by atoms with van der Waals surface area (Å²) in [7, 11) is 0. The number of ether oxygens (including phenoxy) is 1. The fraction of sp³-hybridized carbons (Fsp3) is 0.857. The molecule has 4 N–H and O–H groups in total. The van der Waals surface area contributed by atoms with Gasteiger partial charge in [-0.15, -0.1) is 0 Å². The normalized spacial score (nSPS) is 30.6. The first-order chi connectivity index (χ1) is 5.22. The van der Waals surface area contributed by atoms with E-state index < -0.39 is 0 Å². The molecule has 0 saturated carbocycles. The van der Waals surface area contributed by atoms with Crippen LogP contribution < -0.4 is 11.5 Å². The third kappa shape index (κ3) is 2.48. The van der Waals surface area contributed by atoms with Gasteiger partial charge in [0.25, 0.3) is 0 Å². The molecule has 11 heavy (non-hydrogen) atoms. The van der Waals surface area contributed by atoms with E-state index in [0.29, 0.717) is 25.5 Å². The smallest absolute Gasteiger partial charge is 0.217 e. The highest BCUT2D eigenvalue weighted by Gasteiger charge is 2.25. The Hall–Kier alpha value is -0.610. The second kappa shape index (κ2) is 3.69. The van der Waals surface area contributed by atoms with Crippen LogP contribution >= 0.6 is 0 Å². The van der Waals surface area contributed by atoms with E-state index in [1.807, 2.05) is 0 Å². The molecule has 1 aliphatic heterocycles. The Labute approximate surface area is 65.9 Å². The maximum absolute atomic E-state index is 10.5. The summed E-state index contributed by atoms with van der Waals surface area (Å²) in [5.74, 6) is 0.0392. The largest absolute Gasteiger partial charge is 0.377 e. The Kier molecular flexibility index (Phi) is 2.84. The second-order valence-corrected chi connectivity index (χ2v) is 2.96. The molecule has 4 nitrogen and oxygen atoms in total. The summed E-state index contributed by atoms with van der Waals surface area (Å²) >= 11 is 0. The van der Waals surface area contributed by atoms with E-state index in [4.69, 9.17) is 16.2 Å². The number of carbonyl (C=O) groups is 1. The molecule has 0 radical (unpaired) electrons. The van der Waals surface area contributed by atoms with Crippen molar-refractivity contribution in [2.75, 3.05) is 13.2 Å². The van der Waals surface area contributed by atoms with Crippen LogP contribution in [-0.2, 0) is 9.53 Å². The van der Waals surface area contributed by atoms with Crippen molar-refractivity contribution >= 4 is 5.91 Å². The molecule has 1 aliphatic rings. The van der Waals surface area contributed by atoms with Crippen LogP contribution in [0.4, 0.5) is 0 Å². The van der Waals surface area contributed by atoms with Crippen molar-refractivity contribution in [2.45, 2.75) is 18.9 Å². The maximum Gasteiger partial charge on any atom is 0.217 e. The summed E-state index contributed by atoms with van der Waals surface area (Å²) in [4.78, 5) is 10.5. The number of hydrogen-bond acceptors (Lipinski definition) is 3. The highest BCUT2D eigenvalue weighted by molar-refractivity contribution is 5.74. The molecule has 0 bridgehead atoms.